The number of morpholine rings is 1. The van der Waals surface area contributed by atoms with Gasteiger partial charge in [-0.3, -0.25) is 14.4 Å². The number of amides is 1. The number of hydrogen-bond acceptors (Lipinski definition) is 4. The quantitative estimate of drug-likeness (QED) is 0.711. The smallest absolute Gasteiger partial charge is 0.254 e. The number of hydrogen-bond donors (Lipinski definition) is 1. The Kier molecular flexibility index (Phi) is 7.23. The standard InChI is InChI=1S/C22H32N4O2/c1-4-21-20(13-24-26(21)16-19-9-6-5-7-10-19)22(27)23-11-8-12-25-14-17(2)28-18(3)15-25/h5-7,9-10,13,17-18H,4,8,11-12,14-16H2,1-3H3,(H,23,27). The highest BCUT2D eigenvalue weighted by atomic mass is 16.5. The summed E-state index contributed by atoms with van der Waals surface area (Å²) in [6.07, 6.45) is 3.97. The fourth-order valence-electron chi connectivity index (χ4n) is 3.93. The second kappa shape index (κ2) is 9.85. The molecule has 6 nitrogen and oxygen atoms in total. The van der Waals surface area contributed by atoms with E-state index in [4.69, 9.17) is 4.74 Å². The van der Waals surface area contributed by atoms with Crippen molar-refractivity contribution in [1.82, 2.24) is 20.0 Å². The van der Waals surface area contributed by atoms with Crippen LogP contribution in [-0.2, 0) is 17.7 Å². The van der Waals surface area contributed by atoms with E-state index >= 15 is 0 Å². The van der Waals surface area contributed by atoms with Crippen molar-refractivity contribution in [2.75, 3.05) is 26.2 Å². The molecule has 2 atom stereocenters. The highest BCUT2D eigenvalue weighted by Crippen LogP contribution is 2.13. The van der Waals surface area contributed by atoms with Crippen molar-refractivity contribution in [1.29, 1.82) is 0 Å². The molecule has 0 saturated carbocycles. The van der Waals surface area contributed by atoms with Gasteiger partial charge in [-0.1, -0.05) is 37.3 Å². The summed E-state index contributed by atoms with van der Waals surface area (Å²) in [4.78, 5) is 15.1. The van der Waals surface area contributed by atoms with Crippen LogP contribution < -0.4 is 5.32 Å². The highest BCUT2D eigenvalue weighted by molar-refractivity contribution is 5.95. The number of carbonyl (C=O) groups is 1. The predicted molar refractivity (Wildman–Crippen MR) is 111 cm³/mol. The summed E-state index contributed by atoms with van der Waals surface area (Å²) in [5.41, 5.74) is 2.85. The van der Waals surface area contributed by atoms with Crippen molar-refractivity contribution < 1.29 is 9.53 Å². The number of nitrogens with one attached hydrogen (secondary N) is 1. The molecule has 0 aliphatic carbocycles. The predicted octanol–water partition coefficient (Wildman–Crippen LogP) is 2.72. The van der Waals surface area contributed by atoms with Gasteiger partial charge < -0.3 is 10.1 Å². The summed E-state index contributed by atoms with van der Waals surface area (Å²) >= 11 is 0. The zero-order chi connectivity index (χ0) is 19.9. The third-order valence-electron chi connectivity index (χ3n) is 5.14. The molecule has 2 unspecified atom stereocenters. The van der Waals surface area contributed by atoms with Gasteiger partial charge in [-0.15, -0.1) is 0 Å². The van der Waals surface area contributed by atoms with E-state index in [1.807, 2.05) is 22.9 Å². The van der Waals surface area contributed by atoms with Crippen LogP contribution in [0.25, 0.3) is 0 Å². The average molecular weight is 385 g/mol. The first kappa shape index (κ1) is 20.6. The lowest BCUT2D eigenvalue weighted by Gasteiger charge is -2.35. The fourth-order valence-corrected chi connectivity index (χ4v) is 3.93. The SMILES string of the molecule is CCc1c(C(=O)NCCCN2CC(C)OC(C)C2)cnn1Cc1ccccc1. The Bertz CT molecular complexity index is 749. The zero-order valence-corrected chi connectivity index (χ0v) is 17.2. The number of rotatable bonds is 8. The van der Waals surface area contributed by atoms with Crippen LogP contribution >= 0.6 is 0 Å². The average Bonchev–Trinajstić information content (AvgIpc) is 3.07. The molecule has 2 aromatic rings. The highest BCUT2D eigenvalue weighted by Gasteiger charge is 2.21. The van der Waals surface area contributed by atoms with Crippen molar-refractivity contribution in [3.63, 3.8) is 0 Å². The van der Waals surface area contributed by atoms with Crippen LogP contribution in [0.5, 0.6) is 0 Å². The molecule has 28 heavy (non-hydrogen) atoms. The molecule has 0 radical (unpaired) electrons. The van der Waals surface area contributed by atoms with E-state index in [0.717, 1.165) is 38.2 Å². The Balaban J connectivity index is 1.50. The lowest BCUT2D eigenvalue weighted by molar-refractivity contribution is -0.0679. The molecule has 1 amide bonds. The molecule has 1 aromatic carbocycles. The molecule has 1 aromatic heterocycles. The van der Waals surface area contributed by atoms with Crippen LogP contribution in [-0.4, -0.2) is 59.0 Å². The summed E-state index contributed by atoms with van der Waals surface area (Å²) in [6.45, 7) is 10.6. The Hall–Kier alpha value is -2.18. The number of nitrogens with zero attached hydrogens (tertiary/aromatic N) is 3. The second-order valence-electron chi connectivity index (χ2n) is 7.63. The van der Waals surface area contributed by atoms with Gasteiger partial charge in [0.2, 0.25) is 0 Å². The van der Waals surface area contributed by atoms with Crippen LogP contribution in [0.1, 0.15) is 48.8 Å². The van der Waals surface area contributed by atoms with Crippen LogP contribution in [0.3, 0.4) is 0 Å². The van der Waals surface area contributed by atoms with Crippen molar-refractivity contribution >= 4 is 5.91 Å². The summed E-state index contributed by atoms with van der Waals surface area (Å²) in [6, 6.07) is 10.2. The molecule has 0 bridgehead atoms. The Morgan fingerprint density at radius 3 is 2.61 bits per heavy atom. The number of benzene rings is 1. The Morgan fingerprint density at radius 1 is 1.21 bits per heavy atom. The van der Waals surface area contributed by atoms with E-state index in [1.165, 1.54) is 5.56 Å². The second-order valence-corrected chi connectivity index (χ2v) is 7.63. The molecule has 1 aliphatic heterocycles. The molecule has 1 aliphatic rings. The van der Waals surface area contributed by atoms with Crippen LogP contribution in [0, 0.1) is 0 Å². The van der Waals surface area contributed by atoms with Crippen LogP contribution in [0.2, 0.25) is 0 Å². The topological polar surface area (TPSA) is 59.4 Å². The van der Waals surface area contributed by atoms with Crippen molar-refractivity contribution in [3.05, 3.63) is 53.3 Å². The largest absolute Gasteiger partial charge is 0.373 e. The van der Waals surface area contributed by atoms with E-state index in [-0.39, 0.29) is 18.1 Å². The van der Waals surface area contributed by atoms with E-state index in [9.17, 15) is 4.79 Å². The molecular weight excluding hydrogens is 352 g/mol. The molecule has 0 spiro atoms. The van der Waals surface area contributed by atoms with Gasteiger partial charge in [0, 0.05) is 26.2 Å². The number of carbonyl (C=O) groups excluding carboxylic acids is 1. The van der Waals surface area contributed by atoms with Crippen molar-refractivity contribution in [2.45, 2.75) is 52.4 Å². The summed E-state index contributed by atoms with van der Waals surface area (Å²) in [5.74, 6) is -0.0279. The minimum Gasteiger partial charge on any atom is -0.373 e. The van der Waals surface area contributed by atoms with Gasteiger partial charge in [-0.2, -0.15) is 5.10 Å². The maximum absolute atomic E-state index is 12.6. The monoisotopic (exact) mass is 384 g/mol. The molecule has 6 heteroatoms. The van der Waals surface area contributed by atoms with Crippen LogP contribution in [0.15, 0.2) is 36.5 Å². The maximum Gasteiger partial charge on any atom is 0.254 e. The van der Waals surface area contributed by atoms with E-state index < -0.39 is 0 Å². The minimum atomic E-state index is -0.0279. The van der Waals surface area contributed by atoms with Crippen molar-refractivity contribution in [2.24, 2.45) is 0 Å². The van der Waals surface area contributed by atoms with E-state index in [2.05, 4.69) is 48.2 Å². The van der Waals surface area contributed by atoms with Crippen LogP contribution in [0.4, 0.5) is 0 Å². The van der Waals surface area contributed by atoms with Gasteiger partial charge in [0.25, 0.3) is 5.91 Å². The Morgan fingerprint density at radius 2 is 1.93 bits per heavy atom. The molecule has 2 heterocycles. The first-order valence-electron chi connectivity index (χ1n) is 10.3. The van der Waals surface area contributed by atoms with Gasteiger partial charge in [-0.05, 0) is 32.3 Å². The van der Waals surface area contributed by atoms with E-state index in [1.54, 1.807) is 6.20 Å². The number of ether oxygens (including phenoxy) is 1. The van der Waals surface area contributed by atoms with Crippen molar-refractivity contribution in [3.8, 4) is 0 Å². The molecule has 152 valence electrons. The Labute approximate surface area is 167 Å². The molecule has 1 fully saturated rings. The van der Waals surface area contributed by atoms with E-state index in [0.29, 0.717) is 18.7 Å². The van der Waals surface area contributed by atoms with Gasteiger partial charge >= 0.3 is 0 Å². The van der Waals surface area contributed by atoms with Gasteiger partial charge in [0.15, 0.2) is 0 Å². The first-order valence-corrected chi connectivity index (χ1v) is 10.3. The lowest BCUT2D eigenvalue weighted by atomic mass is 10.1. The van der Waals surface area contributed by atoms with Gasteiger partial charge in [0.1, 0.15) is 0 Å². The molecular formula is C22H32N4O2. The molecule has 1 saturated heterocycles. The summed E-state index contributed by atoms with van der Waals surface area (Å²) in [5, 5.41) is 7.52. The maximum atomic E-state index is 12.6. The fraction of sp³-hybridized carbons (Fsp3) is 0.545. The zero-order valence-electron chi connectivity index (χ0n) is 17.2. The lowest BCUT2D eigenvalue weighted by Crippen LogP contribution is -2.46. The minimum absolute atomic E-state index is 0.0279. The molecule has 1 N–H and O–H groups in total. The normalized spacial score (nSPS) is 20.2. The third-order valence-corrected chi connectivity index (χ3v) is 5.14. The molecule has 3 rings (SSSR count). The number of aromatic nitrogens is 2. The van der Waals surface area contributed by atoms with Gasteiger partial charge in [0.05, 0.1) is 36.2 Å². The summed E-state index contributed by atoms with van der Waals surface area (Å²) < 4.78 is 7.70. The van der Waals surface area contributed by atoms with Gasteiger partial charge in [-0.25, -0.2) is 0 Å². The summed E-state index contributed by atoms with van der Waals surface area (Å²) in [7, 11) is 0. The third kappa shape index (κ3) is 5.42. The first-order chi connectivity index (χ1) is 13.6.